The molecule has 1 atom stereocenters. The number of carbonyl (C=O) groups is 2. The molecular weight excluding hydrogens is 302 g/mol. The van der Waals surface area contributed by atoms with Gasteiger partial charge in [0.15, 0.2) is 0 Å². The van der Waals surface area contributed by atoms with Crippen molar-refractivity contribution >= 4 is 22.7 Å². The number of para-hydroxylation sites is 1. The predicted molar refractivity (Wildman–Crippen MR) is 92.2 cm³/mol. The summed E-state index contributed by atoms with van der Waals surface area (Å²) in [5.74, 6) is -0.0716. The van der Waals surface area contributed by atoms with Crippen molar-refractivity contribution in [3.63, 3.8) is 0 Å². The Hall–Kier alpha value is -2.30. The van der Waals surface area contributed by atoms with Crippen LogP contribution in [0.3, 0.4) is 0 Å². The summed E-state index contributed by atoms with van der Waals surface area (Å²) < 4.78 is 0. The van der Waals surface area contributed by atoms with Gasteiger partial charge in [0.1, 0.15) is 0 Å². The van der Waals surface area contributed by atoms with E-state index in [4.69, 9.17) is 0 Å². The molecule has 1 aromatic heterocycles. The van der Waals surface area contributed by atoms with Gasteiger partial charge in [0.05, 0.1) is 12.5 Å². The Kier molecular flexibility index (Phi) is 4.00. The molecule has 24 heavy (non-hydrogen) atoms. The standard InChI is InChI=1S/C19H23N3O2/c23-18-10-14(12-22(18)16-6-2-3-7-16)19(24)20-11-15-9-13-5-1-4-8-17(13)21-15/h1,4-5,8-9,14,16,21H,2-3,6-7,10-12H2,(H,20,24)/t14-/m0/s1. The molecule has 2 heterocycles. The fraction of sp³-hybridized carbons (Fsp3) is 0.474. The van der Waals surface area contributed by atoms with Gasteiger partial charge in [-0.2, -0.15) is 0 Å². The van der Waals surface area contributed by atoms with Crippen molar-refractivity contribution in [1.82, 2.24) is 15.2 Å². The molecule has 1 aliphatic carbocycles. The van der Waals surface area contributed by atoms with Crippen molar-refractivity contribution in [2.24, 2.45) is 5.92 Å². The zero-order valence-electron chi connectivity index (χ0n) is 13.8. The monoisotopic (exact) mass is 325 g/mol. The molecule has 2 fully saturated rings. The maximum atomic E-state index is 12.4. The molecule has 1 aromatic carbocycles. The van der Waals surface area contributed by atoms with Crippen LogP contribution in [0.2, 0.25) is 0 Å². The summed E-state index contributed by atoms with van der Waals surface area (Å²) in [6.45, 7) is 1.06. The molecule has 1 saturated carbocycles. The number of hydrogen-bond donors (Lipinski definition) is 2. The number of nitrogens with one attached hydrogen (secondary N) is 2. The first-order valence-electron chi connectivity index (χ1n) is 8.84. The number of aromatic amines is 1. The summed E-state index contributed by atoms with van der Waals surface area (Å²) in [5.41, 5.74) is 2.06. The summed E-state index contributed by atoms with van der Waals surface area (Å²) in [6.07, 6.45) is 4.94. The van der Waals surface area contributed by atoms with E-state index in [1.807, 2.05) is 29.2 Å². The summed E-state index contributed by atoms with van der Waals surface area (Å²) in [5, 5.41) is 4.13. The van der Waals surface area contributed by atoms with E-state index < -0.39 is 0 Å². The van der Waals surface area contributed by atoms with Crippen LogP contribution in [0.1, 0.15) is 37.8 Å². The number of aromatic nitrogens is 1. The number of nitrogens with zero attached hydrogens (tertiary/aromatic N) is 1. The van der Waals surface area contributed by atoms with E-state index in [2.05, 4.69) is 16.4 Å². The number of likely N-dealkylation sites (tertiary alicyclic amines) is 1. The third-order valence-electron chi connectivity index (χ3n) is 5.33. The van der Waals surface area contributed by atoms with Crippen LogP contribution in [0.4, 0.5) is 0 Å². The maximum Gasteiger partial charge on any atom is 0.225 e. The van der Waals surface area contributed by atoms with E-state index in [1.165, 1.54) is 12.8 Å². The molecule has 0 unspecified atom stereocenters. The summed E-state index contributed by atoms with van der Waals surface area (Å²) in [7, 11) is 0. The Morgan fingerprint density at radius 3 is 2.83 bits per heavy atom. The molecule has 5 heteroatoms. The second-order valence-electron chi connectivity index (χ2n) is 6.99. The number of rotatable bonds is 4. The molecule has 2 amide bonds. The zero-order chi connectivity index (χ0) is 16.5. The maximum absolute atomic E-state index is 12.4. The Balaban J connectivity index is 1.35. The van der Waals surface area contributed by atoms with Crippen molar-refractivity contribution in [3.05, 3.63) is 36.0 Å². The van der Waals surface area contributed by atoms with Gasteiger partial charge in [0, 0.05) is 30.2 Å². The number of amides is 2. The quantitative estimate of drug-likeness (QED) is 0.907. The average Bonchev–Trinajstić information content (AvgIpc) is 3.30. The third-order valence-corrected chi connectivity index (χ3v) is 5.33. The lowest BCUT2D eigenvalue weighted by Gasteiger charge is -2.23. The molecule has 2 aliphatic rings. The van der Waals surface area contributed by atoms with E-state index in [0.29, 0.717) is 25.6 Å². The first kappa shape index (κ1) is 15.2. The topological polar surface area (TPSA) is 65.2 Å². The Morgan fingerprint density at radius 2 is 2.04 bits per heavy atom. The van der Waals surface area contributed by atoms with Crippen LogP contribution in [-0.4, -0.2) is 34.3 Å². The van der Waals surface area contributed by atoms with Gasteiger partial charge < -0.3 is 15.2 Å². The smallest absolute Gasteiger partial charge is 0.225 e. The van der Waals surface area contributed by atoms with Gasteiger partial charge >= 0.3 is 0 Å². The van der Waals surface area contributed by atoms with Crippen molar-refractivity contribution in [3.8, 4) is 0 Å². The van der Waals surface area contributed by atoms with E-state index >= 15 is 0 Å². The molecule has 2 aromatic rings. The minimum absolute atomic E-state index is 0.0116. The largest absolute Gasteiger partial charge is 0.357 e. The van der Waals surface area contributed by atoms with Crippen molar-refractivity contribution in [2.75, 3.05) is 6.54 Å². The number of H-pyrrole nitrogens is 1. The van der Waals surface area contributed by atoms with Gasteiger partial charge in [0.2, 0.25) is 11.8 Å². The minimum atomic E-state index is -0.206. The van der Waals surface area contributed by atoms with E-state index in [1.54, 1.807) is 0 Å². The average molecular weight is 325 g/mol. The summed E-state index contributed by atoms with van der Waals surface area (Å²) >= 11 is 0. The van der Waals surface area contributed by atoms with Crippen LogP contribution in [0.5, 0.6) is 0 Å². The SMILES string of the molecule is O=C(NCc1cc2ccccc2[nH]1)[C@H]1CC(=O)N(C2CCCC2)C1. The van der Waals surface area contributed by atoms with Crippen LogP contribution < -0.4 is 5.32 Å². The molecule has 4 rings (SSSR count). The highest BCUT2D eigenvalue weighted by molar-refractivity contribution is 5.89. The molecule has 5 nitrogen and oxygen atoms in total. The Labute approximate surface area is 141 Å². The van der Waals surface area contributed by atoms with Gasteiger partial charge in [-0.05, 0) is 30.4 Å². The second-order valence-corrected chi connectivity index (χ2v) is 6.99. The lowest BCUT2D eigenvalue weighted by molar-refractivity contribution is -0.130. The van der Waals surface area contributed by atoms with Gasteiger partial charge in [-0.1, -0.05) is 31.0 Å². The fourth-order valence-electron chi connectivity index (χ4n) is 4.03. The highest BCUT2D eigenvalue weighted by Crippen LogP contribution is 2.29. The molecule has 126 valence electrons. The molecule has 0 radical (unpaired) electrons. The van der Waals surface area contributed by atoms with Crippen LogP contribution in [-0.2, 0) is 16.1 Å². The van der Waals surface area contributed by atoms with E-state index in [0.717, 1.165) is 29.4 Å². The van der Waals surface area contributed by atoms with Crippen LogP contribution in [0.15, 0.2) is 30.3 Å². The van der Waals surface area contributed by atoms with E-state index in [-0.39, 0.29) is 17.7 Å². The number of fused-ring (bicyclic) bond motifs is 1. The minimum Gasteiger partial charge on any atom is -0.357 e. The van der Waals surface area contributed by atoms with Crippen molar-refractivity contribution in [1.29, 1.82) is 0 Å². The first-order chi connectivity index (χ1) is 11.7. The van der Waals surface area contributed by atoms with Crippen LogP contribution in [0, 0.1) is 5.92 Å². The molecule has 2 N–H and O–H groups in total. The molecule has 0 bridgehead atoms. The highest BCUT2D eigenvalue weighted by Gasteiger charge is 2.38. The van der Waals surface area contributed by atoms with Crippen LogP contribution in [0.25, 0.3) is 10.9 Å². The Bertz CT molecular complexity index is 728. The lowest BCUT2D eigenvalue weighted by atomic mass is 10.1. The van der Waals surface area contributed by atoms with Gasteiger partial charge in [-0.25, -0.2) is 0 Å². The lowest BCUT2D eigenvalue weighted by Crippen LogP contribution is -2.36. The highest BCUT2D eigenvalue weighted by atomic mass is 16.2. The van der Waals surface area contributed by atoms with E-state index in [9.17, 15) is 9.59 Å². The first-order valence-corrected chi connectivity index (χ1v) is 8.84. The van der Waals surface area contributed by atoms with Crippen molar-refractivity contribution in [2.45, 2.75) is 44.7 Å². The van der Waals surface area contributed by atoms with Crippen molar-refractivity contribution < 1.29 is 9.59 Å². The van der Waals surface area contributed by atoms with Gasteiger partial charge in [-0.15, -0.1) is 0 Å². The summed E-state index contributed by atoms with van der Waals surface area (Å²) in [6, 6.07) is 10.5. The number of hydrogen-bond acceptors (Lipinski definition) is 2. The number of carbonyl (C=O) groups excluding carboxylic acids is 2. The van der Waals surface area contributed by atoms with Gasteiger partial charge in [0.25, 0.3) is 0 Å². The Morgan fingerprint density at radius 1 is 1.25 bits per heavy atom. The zero-order valence-corrected chi connectivity index (χ0v) is 13.8. The fourth-order valence-corrected chi connectivity index (χ4v) is 4.03. The second kappa shape index (κ2) is 6.30. The normalized spacial score (nSPS) is 21.8. The summed E-state index contributed by atoms with van der Waals surface area (Å²) in [4.78, 5) is 29.9. The number of benzene rings is 1. The van der Waals surface area contributed by atoms with Crippen LogP contribution >= 0.6 is 0 Å². The van der Waals surface area contributed by atoms with Gasteiger partial charge in [-0.3, -0.25) is 9.59 Å². The molecule has 0 spiro atoms. The molecule has 1 saturated heterocycles. The third kappa shape index (κ3) is 2.90. The predicted octanol–water partition coefficient (Wildman–Crippen LogP) is 2.58. The molecular formula is C19H23N3O2. The molecule has 1 aliphatic heterocycles.